The molecule has 1 aromatic heterocycles. The van der Waals surface area contributed by atoms with Crippen LogP contribution >= 0.6 is 0 Å². The largest absolute Gasteiger partial charge is 0.507 e. The van der Waals surface area contributed by atoms with Gasteiger partial charge < -0.3 is 14.7 Å². The van der Waals surface area contributed by atoms with E-state index in [9.17, 15) is 14.7 Å². The first-order chi connectivity index (χ1) is 16.8. The van der Waals surface area contributed by atoms with Crippen molar-refractivity contribution in [3.05, 3.63) is 100 Å². The lowest BCUT2D eigenvalue weighted by molar-refractivity contribution is -0.140. The fourth-order valence-corrected chi connectivity index (χ4v) is 4.22. The van der Waals surface area contributed by atoms with Gasteiger partial charge in [0.1, 0.15) is 11.5 Å². The molecule has 4 rings (SSSR count). The molecule has 2 heterocycles. The minimum absolute atomic E-state index is 0.0716. The fourth-order valence-electron chi connectivity index (χ4n) is 4.22. The van der Waals surface area contributed by atoms with Gasteiger partial charge in [0.15, 0.2) is 0 Å². The fraction of sp³-hybridized carbons (Fsp3) is 0.276. The Bertz CT molecular complexity index is 1260. The average molecular weight is 471 g/mol. The molecule has 0 saturated carbocycles. The number of pyridine rings is 1. The molecule has 180 valence electrons. The lowest BCUT2D eigenvalue weighted by Gasteiger charge is -2.26. The predicted molar refractivity (Wildman–Crippen MR) is 135 cm³/mol. The zero-order chi connectivity index (χ0) is 25.1. The van der Waals surface area contributed by atoms with Crippen molar-refractivity contribution in [2.24, 2.45) is 5.92 Å². The molecule has 1 fully saturated rings. The summed E-state index contributed by atoms with van der Waals surface area (Å²) in [5.41, 5.74) is 4.29. The number of likely N-dealkylation sites (tertiary alicyclic amines) is 1. The Labute approximate surface area is 205 Å². The first kappa shape index (κ1) is 24.2. The third-order valence-corrected chi connectivity index (χ3v) is 6.12. The Morgan fingerprint density at radius 2 is 1.71 bits per heavy atom. The summed E-state index contributed by atoms with van der Waals surface area (Å²) in [5, 5.41) is 11.3. The van der Waals surface area contributed by atoms with Crippen LogP contribution in [0.2, 0.25) is 0 Å². The molecule has 6 heteroatoms. The van der Waals surface area contributed by atoms with E-state index < -0.39 is 17.7 Å². The quantitative estimate of drug-likeness (QED) is 0.286. The molecular weight excluding hydrogens is 440 g/mol. The van der Waals surface area contributed by atoms with E-state index in [0.29, 0.717) is 29.4 Å². The second-order valence-electron chi connectivity index (χ2n) is 9.37. The van der Waals surface area contributed by atoms with Crippen molar-refractivity contribution < 1.29 is 19.4 Å². The molecule has 0 spiro atoms. The van der Waals surface area contributed by atoms with E-state index in [2.05, 4.69) is 18.8 Å². The van der Waals surface area contributed by atoms with Crippen molar-refractivity contribution in [1.82, 2.24) is 9.88 Å². The van der Waals surface area contributed by atoms with Gasteiger partial charge in [0.05, 0.1) is 18.2 Å². The van der Waals surface area contributed by atoms with Crippen LogP contribution in [0.1, 0.15) is 47.7 Å². The lowest BCUT2D eigenvalue weighted by Crippen LogP contribution is -2.29. The standard InChI is InChI=1S/C29H30N2O4/c1-18(2)17-35-24-9-7-22(8-10-24)27(32)25-26(21-11-13-30-14-12-21)31(29(34)28(25)33)16-23-15-19(3)5-6-20(23)4/h5-15,18,26,32H,16-17H2,1-4H3/b27-25+. The zero-order valence-electron chi connectivity index (χ0n) is 20.5. The number of hydrogen-bond acceptors (Lipinski definition) is 5. The number of carbonyl (C=O) groups is 2. The van der Waals surface area contributed by atoms with Gasteiger partial charge >= 0.3 is 0 Å². The highest BCUT2D eigenvalue weighted by Crippen LogP contribution is 2.40. The van der Waals surface area contributed by atoms with E-state index in [0.717, 1.165) is 16.7 Å². The van der Waals surface area contributed by atoms with Gasteiger partial charge in [-0.2, -0.15) is 0 Å². The van der Waals surface area contributed by atoms with Crippen LogP contribution in [0.15, 0.2) is 72.6 Å². The van der Waals surface area contributed by atoms with E-state index in [1.807, 2.05) is 32.0 Å². The number of aryl methyl sites for hydroxylation is 2. The van der Waals surface area contributed by atoms with Crippen molar-refractivity contribution in [3.63, 3.8) is 0 Å². The van der Waals surface area contributed by atoms with Gasteiger partial charge in [-0.05, 0) is 72.9 Å². The number of Topliss-reactive ketones (excluding diaryl/α,β-unsaturated/α-hetero) is 1. The molecule has 0 radical (unpaired) electrons. The topological polar surface area (TPSA) is 79.7 Å². The molecule has 1 N–H and O–H groups in total. The Kier molecular flexibility index (Phi) is 7.01. The number of rotatable bonds is 7. The molecule has 0 bridgehead atoms. The Hall–Kier alpha value is -3.93. The van der Waals surface area contributed by atoms with Crippen LogP contribution in [0, 0.1) is 19.8 Å². The zero-order valence-corrected chi connectivity index (χ0v) is 20.5. The van der Waals surface area contributed by atoms with Crippen molar-refractivity contribution >= 4 is 17.4 Å². The molecule has 6 nitrogen and oxygen atoms in total. The maximum absolute atomic E-state index is 13.3. The summed E-state index contributed by atoms with van der Waals surface area (Å²) >= 11 is 0. The first-order valence-electron chi connectivity index (χ1n) is 11.7. The first-order valence-corrected chi connectivity index (χ1v) is 11.7. The number of nitrogens with zero attached hydrogens (tertiary/aromatic N) is 2. The molecule has 1 saturated heterocycles. The lowest BCUT2D eigenvalue weighted by atomic mass is 9.95. The van der Waals surface area contributed by atoms with Gasteiger partial charge in [0.2, 0.25) is 0 Å². The normalized spacial score (nSPS) is 17.3. The third kappa shape index (κ3) is 5.11. The van der Waals surface area contributed by atoms with E-state index in [4.69, 9.17) is 4.74 Å². The molecule has 1 aliphatic heterocycles. The number of aromatic nitrogens is 1. The summed E-state index contributed by atoms with van der Waals surface area (Å²) in [5.74, 6) is -0.474. The van der Waals surface area contributed by atoms with Crippen molar-refractivity contribution in [2.45, 2.75) is 40.3 Å². The second kappa shape index (κ2) is 10.1. The minimum Gasteiger partial charge on any atom is -0.507 e. The number of aliphatic hydroxyl groups excluding tert-OH is 1. The molecule has 35 heavy (non-hydrogen) atoms. The molecule has 3 aromatic rings. The van der Waals surface area contributed by atoms with Crippen LogP contribution in [0.4, 0.5) is 0 Å². The summed E-state index contributed by atoms with van der Waals surface area (Å²) in [4.78, 5) is 32.1. The Balaban J connectivity index is 1.76. The average Bonchev–Trinajstić information content (AvgIpc) is 3.10. The third-order valence-electron chi connectivity index (χ3n) is 6.12. The molecule has 1 aliphatic rings. The van der Waals surface area contributed by atoms with E-state index in [1.54, 1.807) is 48.8 Å². The van der Waals surface area contributed by atoms with Crippen LogP contribution in [-0.4, -0.2) is 33.3 Å². The summed E-state index contributed by atoms with van der Waals surface area (Å²) in [6.45, 7) is 8.94. The van der Waals surface area contributed by atoms with Crippen molar-refractivity contribution in [2.75, 3.05) is 6.61 Å². The number of aliphatic hydroxyl groups is 1. The van der Waals surface area contributed by atoms with Gasteiger partial charge in [-0.3, -0.25) is 14.6 Å². The minimum atomic E-state index is -0.727. The molecule has 1 amide bonds. The Morgan fingerprint density at radius 3 is 2.37 bits per heavy atom. The predicted octanol–water partition coefficient (Wildman–Crippen LogP) is 5.36. The summed E-state index contributed by atoms with van der Waals surface area (Å²) in [7, 11) is 0. The number of ether oxygens (including phenoxy) is 1. The van der Waals surface area contributed by atoms with E-state index in [1.165, 1.54) is 4.90 Å². The number of amides is 1. The highest BCUT2D eigenvalue weighted by Gasteiger charge is 2.46. The second-order valence-corrected chi connectivity index (χ2v) is 9.37. The molecule has 0 aliphatic carbocycles. The Morgan fingerprint density at radius 1 is 1.03 bits per heavy atom. The number of benzene rings is 2. The van der Waals surface area contributed by atoms with Crippen molar-refractivity contribution in [1.29, 1.82) is 0 Å². The van der Waals surface area contributed by atoms with Gasteiger partial charge in [-0.1, -0.05) is 37.6 Å². The van der Waals surface area contributed by atoms with Crippen LogP contribution in [-0.2, 0) is 16.1 Å². The molecular formula is C29H30N2O4. The van der Waals surface area contributed by atoms with Gasteiger partial charge in [-0.15, -0.1) is 0 Å². The van der Waals surface area contributed by atoms with Crippen molar-refractivity contribution in [3.8, 4) is 5.75 Å². The number of hydrogen-bond donors (Lipinski definition) is 1. The molecule has 2 aromatic carbocycles. The van der Waals surface area contributed by atoms with Crippen LogP contribution in [0.5, 0.6) is 5.75 Å². The maximum atomic E-state index is 13.3. The summed E-state index contributed by atoms with van der Waals surface area (Å²) in [6, 6.07) is 15.8. The molecule has 1 atom stereocenters. The van der Waals surface area contributed by atoms with Gasteiger partial charge in [0.25, 0.3) is 11.7 Å². The van der Waals surface area contributed by atoms with Crippen LogP contribution < -0.4 is 4.74 Å². The monoisotopic (exact) mass is 470 g/mol. The summed E-state index contributed by atoms with van der Waals surface area (Å²) < 4.78 is 5.73. The highest BCUT2D eigenvalue weighted by molar-refractivity contribution is 6.46. The van der Waals surface area contributed by atoms with Crippen LogP contribution in [0.3, 0.4) is 0 Å². The van der Waals surface area contributed by atoms with Gasteiger partial charge in [0, 0.05) is 24.5 Å². The number of carbonyl (C=O) groups excluding carboxylic acids is 2. The van der Waals surface area contributed by atoms with Gasteiger partial charge in [-0.25, -0.2) is 0 Å². The molecule has 1 unspecified atom stereocenters. The van der Waals surface area contributed by atoms with Crippen LogP contribution in [0.25, 0.3) is 5.76 Å². The number of ketones is 1. The van der Waals surface area contributed by atoms with E-state index in [-0.39, 0.29) is 17.9 Å². The summed E-state index contributed by atoms with van der Waals surface area (Å²) in [6.07, 6.45) is 3.24. The SMILES string of the molecule is Cc1ccc(C)c(CN2C(=O)C(=O)/C(=C(/O)c3ccc(OCC(C)C)cc3)C2c2ccncc2)c1. The highest BCUT2D eigenvalue weighted by atomic mass is 16.5. The van der Waals surface area contributed by atoms with E-state index >= 15 is 0 Å². The maximum Gasteiger partial charge on any atom is 0.295 e. The smallest absolute Gasteiger partial charge is 0.295 e.